The largest absolute Gasteiger partial charge is 0.476 e. The summed E-state index contributed by atoms with van der Waals surface area (Å²) in [5.41, 5.74) is 1.17. The molecule has 1 saturated heterocycles. The van der Waals surface area contributed by atoms with Crippen LogP contribution in [0.4, 0.5) is 4.79 Å². The number of rotatable bonds is 3. The van der Waals surface area contributed by atoms with E-state index in [0.717, 1.165) is 12.8 Å². The maximum absolute atomic E-state index is 11.0. The zero-order valence-corrected chi connectivity index (χ0v) is 12.5. The molecule has 0 aromatic carbocycles. The highest BCUT2D eigenvalue weighted by molar-refractivity contribution is 6.30. The Morgan fingerprint density at radius 1 is 1.45 bits per heavy atom. The van der Waals surface area contributed by atoms with Crippen LogP contribution in [0.3, 0.4) is 0 Å². The number of hydrogen-bond donors (Lipinski definition) is 1. The number of nitrogens with zero attached hydrogens (tertiary/aromatic N) is 4. The Labute approximate surface area is 131 Å². The number of pyridine rings is 1. The van der Waals surface area contributed by atoms with Crippen LogP contribution in [0.15, 0.2) is 18.5 Å². The number of piperidine rings is 1. The molecule has 3 rings (SSSR count). The maximum atomic E-state index is 11.0. The molecule has 3 heterocycles. The molecule has 0 aliphatic carbocycles. The Balaban J connectivity index is 1.72. The van der Waals surface area contributed by atoms with E-state index in [4.69, 9.17) is 21.4 Å². The smallest absolute Gasteiger partial charge is 0.407 e. The van der Waals surface area contributed by atoms with E-state index in [0.29, 0.717) is 41.8 Å². The van der Waals surface area contributed by atoms with Gasteiger partial charge in [-0.2, -0.15) is 4.98 Å². The summed E-state index contributed by atoms with van der Waals surface area (Å²) in [7, 11) is 0. The third kappa shape index (κ3) is 3.19. The highest BCUT2D eigenvalue weighted by atomic mass is 35.5. The highest BCUT2D eigenvalue weighted by Gasteiger charge is 2.24. The van der Waals surface area contributed by atoms with Crippen LogP contribution in [0.25, 0.3) is 11.0 Å². The number of carbonyl (C=O) groups is 1. The van der Waals surface area contributed by atoms with Crippen molar-refractivity contribution in [1.82, 2.24) is 19.9 Å². The molecule has 1 N–H and O–H groups in total. The molecular formula is C14H15ClN4O3. The first-order valence-corrected chi connectivity index (χ1v) is 7.39. The summed E-state index contributed by atoms with van der Waals surface area (Å²) in [6.07, 6.45) is 4.02. The van der Waals surface area contributed by atoms with Gasteiger partial charge in [0.15, 0.2) is 5.52 Å². The molecule has 0 bridgehead atoms. The first kappa shape index (κ1) is 14.8. The Morgan fingerprint density at radius 2 is 2.27 bits per heavy atom. The van der Waals surface area contributed by atoms with Gasteiger partial charge in [-0.15, -0.1) is 0 Å². The van der Waals surface area contributed by atoms with Crippen molar-refractivity contribution in [3.63, 3.8) is 0 Å². The summed E-state index contributed by atoms with van der Waals surface area (Å²) in [6, 6.07) is 1.63. The first-order valence-electron chi connectivity index (χ1n) is 7.01. The van der Waals surface area contributed by atoms with Crippen LogP contribution in [0, 0.1) is 5.92 Å². The molecule has 2 aromatic rings. The molecule has 1 aliphatic rings. The quantitative estimate of drug-likeness (QED) is 0.873. The third-order valence-corrected chi connectivity index (χ3v) is 3.83. The highest BCUT2D eigenvalue weighted by Crippen LogP contribution is 2.24. The molecule has 0 spiro atoms. The van der Waals surface area contributed by atoms with E-state index >= 15 is 0 Å². The lowest BCUT2D eigenvalue weighted by Gasteiger charge is -2.30. The number of carboxylic acid groups (broad SMARTS) is 1. The summed E-state index contributed by atoms with van der Waals surface area (Å²) < 4.78 is 5.75. The Morgan fingerprint density at radius 3 is 3.09 bits per heavy atom. The fourth-order valence-electron chi connectivity index (χ4n) is 2.59. The van der Waals surface area contributed by atoms with Crippen LogP contribution in [0.2, 0.25) is 5.15 Å². The monoisotopic (exact) mass is 322 g/mol. The van der Waals surface area contributed by atoms with Crippen LogP contribution in [-0.2, 0) is 0 Å². The topological polar surface area (TPSA) is 88.4 Å². The molecule has 2 aromatic heterocycles. The van der Waals surface area contributed by atoms with Crippen molar-refractivity contribution in [2.45, 2.75) is 12.8 Å². The van der Waals surface area contributed by atoms with Gasteiger partial charge >= 0.3 is 6.09 Å². The summed E-state index contributed by atoms with van der Waals surface area (Å²) in [5, 5.41) is 9.35. The average Bonchev–Trinajstić information content (AvgIpc) is 2.52. The summed E-state index contributed by atoms with van der Waals surface area (Å²) >= 11 is 5.97. The molecule has 0 saturated carbocycles. The third-order valence-electron chi connectivity index (χ3n) is 3.64. The Bertz CT molecular complexity index is 697. The van der Waals surface area contributed by atoms with E-state index in [1.54, 1.807) is 18.5 Å². The molecule has 1 atom stereocenters. The van der Waals surface area contributed by atoms with E-state index in [9.17, 15) is 4.79 Å². The number of amides is 1. The normalized spacial score (nSPS) is 18.4. The van der Waals surface area contributed by atoms with Crippen LogP contribution in [0.1, 0.15) is 12.8 Å². The number of likely N-dealkylation sites (tertiary alicyclic amines) is 1. The predicted octanol–water partition coefficient (Wildman–Crippen LogP) is 2.45. The van der Waals surface area contributed by atoms with Crippen molar-refractivity contribution >= 4 is 28.7 Å². The standard InChI is InChI=1S/C14H15ClN4O3/c15-11-6-10-12(17-4-3-16-10)13(18-11)22-8-9-2-1-5-19(7-9)14(20)21/h3-4,6,9H,1-2,5,7-8H2,(H,20,21)/t9-/m0/s1. The fourth-order valence-corrected chi connectivity index (χ4v) is 2.77. The van der Waals surface area contributed by atoms with Crippen molar-refractivity contribution in [2.75, 3.05) is 19.7 Å². The lowest BCUT2D eigenvalue weighted by atomic mass is 9.99. The number of halogens is 1. The predicted molar refractivity (Wildman–Crippen MR) is 80.2 cm³/mol. The zero-order valence-electron chi connectivity index (χ0n) is 11.8. The minimum Gasteiger partial charge on any atom is -0.476 e. The molecule has 1 fully saturated rings. The summed E-state index contributed by atoms with van der Waals surface area (Å²) in [4.78, 5) is 25.0. The van der Waals surface area contributed by atoms with Gasteiger partial charge in [0.1, 0.15) is 5.15 Å². The lowest BCUT2D eigenvalue weighted by Crippen LogP contribution is -2.40. The molecule has 22 heavy (non-hydrogen) atoms. The van der Waals surface area contributed by atoms with Crippen LogP contribution < -0.4 is 4.74 Å². The second-order valence-corrected chi connectivity index (χ2v) is 5.61. The van der Waals surface area contributed by atoms with E-state index in [-0.39, 0.29) is 5.92 Å². The second kappa shape index (κ2) is 6.31. The Kier molecular flexibility index (Phi) is 4.24. The Hall–Kier alpha value is -2.15. The van der Waals surface area contributed by atoms with Gasteiger partial charge in [0.2, 0.25) is 5.88 Å². The van der Waals surface area contributed by atoms with Gasteiger partial charge in [0, 0.05) is 37.5 Å². The van der Waals surface area contributed by atoms with Crippen LogP contribution >= 0.6 is 11.6 Å². The van der Waals surface area contributed by atoms with Crippen molar-refractivity contribution < 1.29 is 14.6 Å². The van der Waals surface area contributed by atoms with Gasteiger partial charge in [-0.05, 0) is 12.8 Å². The maximum Gasteiger partial charge on any atom is 0.407 e. The number of aromatic nitrogens is 3. The van der Waals surface area contributed by atoms with Gasteiger partial charge < -0.3 is 14.7 Å². The number of ether oxygens (including phenoxy) is 1. The second-order valence-electron chi connectivity index (χ2n) is 5.22. The van der Waals surface area contributed by atoms with Crippen LogP contribution in [-0.4, -0.2) is 50.7 Å². The van der Waals surface area contributed by atoms with Gasteiger partial charge in [0.25, 0.3) is 0 Å². The molecule has 8 heteroatoms. The van der Waals surface area contributed by atoms with Crippen LogP contribution in [0.5, 0.6) is 5.88 Å². The van der Waals surface area contributed by atoms with E-state index < -0.39 is 6.09 Å². The number of hydrogen-bond acceptors (Lipinski definition) is 5. The lowest BCUT2D eigenvalue weighted by molar-refractivity contribution is 0.104. The summed E-state index contributed by atoms with van der Waals surface area (Å²) in [6.45, 7) is 1.43. The van der Waals surface area contributed by atoms with Gasteiger partial charge in [0.05, 0.1) is 12.1 Å². The molecule has 0 unspecified atom stereocenters. The fraction of sp³-hybridized carbons (Fsp3) is 0.429. The molecule has 1 aliphatic heterocycles. The van der Waals surface area contributed by atoms with Gasteiger partial charge in [-0.25, -0.2) is 9.78 Å². The van der Waals surface area contributed by atoms with E-state index in [1.807, 2.05) is 0 Å². The summed E-state index contributed by atoms with van der Waals surface area (Å²) in [5.74, 6) is 0.473. The van der Waals surface area contributed by atoms with E-state index in [2.05, 4.69) is 15.0 Å². The van der Waals surface area contributed by atoms with Crippen molar-refractivity contribution in [3.05, 3.63) is 23.6 Å². The number of fused-ring (bicyclic) bond motifs is 1. The van der Waals surface area contributed by atoms with Crippen molar-refractivity contribution in [1.29, 1.82) is 0 Å². The SMILES string of the molecule is O=C(O)N1CCC[C@H](COc2nc(Cl)cc3nccnc23)C1. The first-order chi connectivity index (χ1) is 10.6. The minimum absolute atomic E-state index is 0.136. The molecule has 1 amide bonds. The molecule has 7 nitrogen and oxygen atoms in total. The molecular weight excluding hydrogens is 308 g/mol. The van der Waals surface area contributed by atoms with Gasteiger partial charge in [-0.1, -0.05) is 11.6 Å². The van der Waals surface area contributed by atoms with Crippen molar-refractivity contribution in [2.24, 2.45) is 5.92 Å². The average molecular weight is 323 g/mol. The molecule has 116 valence electrons. The zero-order chi connectivity index (χ0) is 15.5. The van der Waals surface area contributed by atoms with E-state index in [1.165, 1.54) is 4.90 Å². The van der Waals surface area contributed by atoms with Gasteiger partial charge in [-0.3, -0.25) is 4.98 Å². The van der Waals surface area contributed by atoms with Crippen molar-refractivity contribution in [3.8, 4) is 5.88 Å². The minimum atomic E-state index is -0.887. The molecule has 0 radical (unpaired) electrons.